The molecule has 3 rings (SSSR count). The van der Waals surface area contributed by atoms with E-state index in [2.05, 4.69) is 11.8 Å². The van der Waals surface area contributed by atoms with Gasteiger partial charge in [0.25, 0.3) is 5.56 Å². The molecule has 1 amide bonds. The third-order valence-electron chi connectivity index (χ3n) is 5.51. The van der Waals surface area contributed by atoms with Gasteiger partial charge in [-0.2, -0.15) is 0 Å². The summed E-state index contributed by atoms with van der Waals surface area (Å²) in [6.45, 7) is 7.98. The quantitative estimate of drug-likeness (QED) is 0.729. The van der Waals surface area contributed by atoms with Gasteiger partial charge in [0.15, 0.2) is 0 Å². The molecule has 0 N–H and O–H groups in total. The van der Waals surface area contributed by atoms with E-state index in [9.17, 15) is 9.59 Å². The van der Waals surface area contributed by atoms with E-state index in [1.165, 1.54) is 0 Å². The molecule has 152 valence electrons. The van der Waals surface area contributed by atoms with Crippen LogP contribution in [0.1, 0.15) is 38.6 Å². The van der Waals surface area contributed by atoms with E-state index >= 15 is 0 Å². The molecule has 28 heavy (non-hydrogen) atoms. The van der Waals surface area contributed by atoms with Gasteiger partial charge >= 0.3 is 0 Å². The second-order valence-electron chi connectivity index (χ2n) is 7.13. The van der Waals surface area contributed by atoms with Crippen molar-refractivity contribution >= 4 is 16.8 Å². The Morgan fingerprint density at radius 1 is 1.18 bits per heavy atom. The molecule has 1 aliphatic heterocycles. The molecule has 0 aliphatic carbocycles. The van der Waals surface area contributed by atoms with Gasteiger partial charge < -0.3 is 9.64 Å². The number of carbonyl (C=O) groups excluding carboxylic acids is 1. The zero-order chi connectivity index (χ0) is 20.1. The molecule has 2 aromatic rings. The Hall–Kier alpha value is -2.25. The maximum Gasteiger partial charge on any atom is 0.261 e. The SMILES string of the molecule is CCC(=O)N1CCN(C(CC)c2nc3ccccc3c(=O)n2CCOC)CC1. The number of aromatic nitrogens is 2. The number of rotatable bonds is 7. The Bertz CT molecular complexity index is 872. The molecule has 1 aromatic carbocycles. The van der Waals surface area contributed by atoms with Crippen molar-refractivity contribution in [1.29, 1.82) is 0 Å². The Kier molecular flexibility index (Phi) is 6.80. The number of hydrogen-bond acceptors (Lipinski definition) is 5. The average Bonchev–Trinajstić information content (AvgIpc) is 2.74. The molecule has 1 atom stereocenters. The van der Waals surface area contributed by atoms with Crippen LogP contribution >= 0.6 is 0 Å². The lowest BCUT2D eigenvalue weighted by Crippen LogP contribution is -2.50. The van der Waals surface area contributed by atoms with E-state index in [1.807, 2.05) is 36.1 Å². The van der Waals surface area contributed by atoms with E-state index in [1.54, 1.807) is 11.7 Å². The number of hydrogen-bond donors (Lipinski definition) is 0. The number of ether oxygens (including phenoxy) is 1. The number of nitrogens with zero attached hydrogens (tertiary/aromatic N) is 4. The van der Waals surface area contributed by atoms with Crippen LogP contribution in [0.15, 0.2) is 29.1 Å². The van der Waals surface area contributed by atoms with E-state index in [0.29, 0.717) is 25.0 Å². The standard InChI is InChI=1S/C21H30N4O3/c1-4-18(23-10-12-24(13-11-23)19(26)5-2)20-22-17-9-7-6-8-16(17)21(27)25(20)14-15-28-3/h6-9,18H,4-5,10-15H2,1-3H3. The van der Waals surface area contributed by atoms with Crippen LogP contribution in [-0.2, 0) is 16.1 Å². The zero-order valence-electron chi connectivity index (χ0n) is 17.1. The fourth-order valence-electron chi connectivity index (χ4n) is 3.95. The number of benzene rings is 1. The summed E-state index contributed by atoms with van der Waals surface area (Å²) in [5.41, 5.74) is 0.713. The fraction of sp³-hybridized carbons (Fsp3) is 0.571. The van der Waals surface area contributed by atoms with Crippen molar-refractivity contribution in [2.24, 2.45) is 0 Å². The highest BCUT2D eigenvalue weighted by Crippen LogP contribution is 2.25. The highest BCUT2D eigenvalue weighted by Gasteiger charge is 2.28. The van der Waals surface area contributed by atoms with Gasteiger partial charge in [-0.3, -0.25) is 19.1 Å². The first-order valence-corrected chi connectivity index (χ1v) is 10.1. The highest BCUT2D eigenvalue weighted by atomic mass is 16.5. The minimum atomic E-state index is -0.0177. The van der Waals surface area contributed by atoms with Crippen LogP contribution in [-0.4, -0.2) is 65.2 Å². The van der Waals surface area contributed by atoms with Crippen LogP contribution in [0.5, 0.6) is 0 Å². The first-order chi connectivity index (χ1) is 13.6. The van der Waals surface area contributed by atoms with Crippen molar-refractivity contribution in [1.82, 2.24) is 19.4 Å². The second kappa shape index (κ2) is 9.30. The van der Waals surface area contributed by atoms with Crippen LogP contribution in [0.2, 0.25) is 0 Å². The smallest absolute Gasteiger partial charge is 0.261 e. The van der Waals surface area contributed by atoms with Crippen LogP contribution < -0.4 is 5.56 Å². The van der Waals surface area contributed by atoms with Crippen LogP contribution in [0.3, 0.4) is 0 Å². The van der Waals surface area contributed by atoms with Crippen molar-refractivity contribution in [3.63, 3.8) is 0 Å². The Morgan fingerprint density at radius 3 is 2.54 bits per heavy atom. The molecule has 0 spiro atoms. The predicted molar refractivity (Wildman–Crippen MR) is 109 cm³/mol. The fourth-order valence-corrected chi connectivity index (χ4v) is 3.95. The molecule has 1 aliphatic rings. The highest BCUT2D eigenvalue weighted by molar-refractivity contribution is 5.77. The van der Waals surface area contributed by atoms with E-state index < -0.39 is 0 Å². The molecule has 1 unspecified atom stereocenters. The van der Waals surface area contributed by atoms with Gasteiger partial charge in [-0.05, 0) is 18.6 Å². The van der Waals surface area contributed by atoms with E-state index in [0.717, 1.165) is 43.9 Å². The minimum Gasteiger partial charge on any atom is -0.383 e. The van der Waals surface area contributed by atoms with Crippen molar-refractivity contribution in [2.75, 3.05) is 39.9 Å². The summed E-state index contributed by atoms with van der Waals surface area (Å²) in [6, 6.07) is 7.54. The first kappa shape index (κ1) is 20.5. The van der Waals surface area contributed by atoms with E-state index in [-0.39, 0.29) is 17.5 Å². The van der Waals surface area contributed by atoms with Crippen molar-refractivity contribution < 1.29 is 9.53 Å². The first-order valence-electron chi connectivity index (χ1n) is 10.1. The summed E-state index contributed by atoms with van der Waals surface area (Å²) >= 11 is 0. The lowest BCUT2D eigenvalue weighted by Gasteiger charge is -2.39. The molecule has 0 radical (unpaired) electrons. The molecule has 1 fully saturated rings. The lowest BCUT2D eigenvalue weighted by atomic mass is 10.1. The van der Waals surface area contributed by atoms with Crippen LogP contribution in [0, 0.1) is 0 Å². The van der Waals surface area contributed by atoms with E-state index in [4.69, 9.17) is 9.72 Å². The summed E-state index contributed by atoms with van der Waals surface area (Å²) in [6.07, 6.45) is 1.39. The Labute approximate surface area is 165 Å². The van der Waals surface area contributed by atoms with Gasteiger partial charge in [-0.15, -0.1) is 0 Å². The molecule has 1 saturated heterocycles. The molecule has 7 nitrogen and oxygen atoms in total. The molecule has 0 saturated carbocycles. The van der Waals surface area contributed by atoms with Gasteiger partial charge in [-0.1, -0.05) is 26.0 Å². The number of para-hydroxylation sites is 1. The van der Waals surface area contributed by atoms with Crippen LogP contribution in [0.4, 0.5) is 0 Å². The van der Waals surface area contributed by atoms with Gasteiger partial charge in [0.1, 0.15) is 5.82 Å². The molecule has 7 heteroatoms. The number of amides is 1. The lowest BCUT2D eigenvalue weighted by molar-refractivity contribution is -0.133. The van der Waals surface area contributed by atoms with Gasteiger partial charge in [-0.25, -0.2) is 4.98 Å². The topological polar surface area (TPSA) is 67.7 Å². The Balaban J connectivity index is 1.95. The molecule has 2 heterocycles. The van der Waals surface area contributed by atoms with Gasteiger partial charge in [0.2, 0.25) is 5.91 Å². The van der Waals surface area contributed by atoms with Crippen molar-refractivity contribution in [3.05, 3.63) is 40.4 Å². The van der Waals surface area contributed by atoms with Gasteiger partial charge in [0.05, 0.1) is 30.1 Å². The van der Waals surface area contributed by atoms with Crippen molar-refractivity contribution in [2.45, 2.75) is 39.3 Å². The molecular formula is C21H30N4O3. The summed E-state index contributed by atoms with van der Waals surface area (Å²) in [5.74, 6) is 0.993. The summed E-state index contributed by atoms with van der Waals surface area (Å²) < 4.78 is 7.00. The maximum absolute atomic E-state index is 13.1. The largest absolute Gasteiger partial charge is 0.383 e. The summed E-state index contributed by atoms with van der Waals surface area (Å²) in [7, 11) is 1.64. The number of piperazine rings is 1. The number of carbonyl (C=O) groups is 1. The van der Waals surface area contributed by atoms with Crippen LogP contribution in [0.25, 0.3) is 10.9 Å². The predicted octanol–water partition coefficient (Wildman–Crippen LogP) is 2.05. The van der Waals surface area contributed by atoms with Gasteiger partial charge in [0, 0.05) is 39.7 Å². The maximum atomic E-state index is 13.1. The summed E-state index contributed by atoms with van der Waals surface area (Å²) in [4.78, 5) is 34.3. The zero-order valence-corrected chi connectivity index (χ0v) is 17.1. The third-order valence-corrected chi connectivity index (χ3v) is 5.51. The minimum absolute atomic E-state index is 0.0177. The normalized spacial score (nSPS) is 16.5. The monoisotopic (exact) mass is 386 g/mol. The number of fused-ring (bicyclic) bond motifs is 1. The van der Waals surface area contributed by atoms with Crippen molar-refractivity contribution in [3.8, 4) is 0 Å². The second-order valence-corrected chi connectivity index (χ2v) is 7.13. The Morgan fingerprint density at radius 2 is 1.89 bits per heavy atom. The third kappa shape index (κ3) is 4.10. The molecule has 1 aromatic heterocycles. The average molecular weight is 386 g/mol. The molecular weight excluding hydrogens is 356 g/mol. The molecule has 0 bridgehead atoms. The number of methoxy groups -OCH3 is 1. The summed E-state index contributed by atoms with van der Waals surface area (Å²) in [5, 5.41) is 0.635.